The number of benzene rings is 2. The summed E-state index contributed by atoms with van der Waals surface area (Å²) in [6.07, 6.45) is 5.56. The van der Waals surface area contributed by atoms with E-state index in [1.54, 1.807) is 25.3 Å². The van der Waals surface area contributed by atoms with Crippen LogP contribution in [0, 0.1) is 12.3 Å². The summed E-state index contributed by atoms with van der Waals surface area (Å²) in [5, 5.41) is 8.86. The third-order valence-electron chi connectivity index (χ3n) is 3.51. The minimum absolute atomic E-state index is 0.0125. The van der Waals surface area contributed by atoms with Gasteiger partial charge >= 0.3 is 5.97 Å². The van der Waals surface area contributed by atoms with Crippen molar-refractivity contribution in [3.63, 3.8) is 0 Å². The topological polar surface area (TPSA) is 65.0 Å². The molecule has 0 aliphatic heterocycles. The first kappa shape index (κ1) is 18.5. The Morgan fingerprint density at radius 2 is 1.92 bits per heavy atom. The Morgan fingerprint density at radius 3 is 2.56 bits per heavy atom. The van der Waals surface area contributed by atoms with Crippen LogP contribution in [0.25, 0.3) is 11.1 Å². The smallest absolute Gasteiger partial charge is 0.307 e. The Labute approximate surface area is 147 Å². The van der Waals surface area contributed by atoms with E-state index in [2.05, 4.69) is 5.92 Å². The van der Waals surface area contributed by atoms with Crippen LogP contribution in [-0.4, -0.2) is 38.2 Å². The molecule has 0 heterocycles. The quantitative estimate of drug-likeness (QED) is 0.432. The van der Waals surface area contributed by atoms with Gasteiger partial charge in [-0.1, -0.05) is 42.3 Å². The molecule has 0 atom stereocenters. The first-order valence-corrected chi connectivity index (χ1v) is 7.76. The molecule has 0 spiro atoms. The van der Waals surface area contributed by atoms with E-state index < -0.39 is 5.97 Å². The van der Waals surface area contributed by atoms with Gasteiger partial charge in [0.15, 0.2) is 6.79 Å². The first-order valence-electron chi connectivity index (χ1n) is 7.76. The highest BCUT2D eigenvalue weighted by Crippen LogP contribution is 2.33. The highest BCUT2D eigenvalue weighted by molar-refractivity contribution is 5.75. The number of rotatable bonds is 9. The molecule has 0 amide bonds. The highest BCUT2D eigenvalue weighted by Gasteiger charge is 2.11. The van der Waals surface area contributed by atoms with Gasteiger partial charge in [-0.05, 0) is 17.2 Å². The maximum absolute atomic E-state index is 10.8. The van der Waals surface area contributed by atoms with Crippen molar-refractivity contribution in [2.24, 2.45) is 0 Å². The number of hydrogen-bond donors (Lipinski definition) is 1. The zero-order valence-electron chi connectivity index (χ0n) is 14.0. The van der Waals surface area contributed by atoms with Gasteiger partial charge in [0, 0.05) is 12.7 Å². The molecule has 0 bridgehead atoms. The molecule has 0 aromatic heterocycles. The lowest BCUT2D eigenvalue weighted by Gasteiger charge is -2.14. The summed E-state index contributed by atoms with van der Waals surface area (Å²) >= 11 is 0. The molecule has 1 N–H and O–H groups in total. The van der Waals surface area contributed by atoms with Crippen LogP contribution in [0.4, 0.5) is 0 Å². The van der Waals surface area contributed by atoms with Gasteiger partial charge in [0.25, 0.3) is 0 Å². The summed E-state index contributed by atoms with van der Waals surface area (Å²) in [4.78, 5) is 10.8. The van der Waals surface area contributed by atoms with E-state index in [1.165, 1.54) is 0 Å². The van der Waals surface area contributed by atoms with Crippen molar-refractivity contribution in [3.05, 3.63) is 53.6 Å². The molecule has 0 saturated carbocycles. The molecular formula is C20H20O5. The Hall–Kier alpha value is -2.81. The normalized spacial score (nSPS) is 10.2. The van der Waals surface area contributed by atoms with Crippen LogP contribution < -0.4 is 4.74 Å². The molecule has 0 fully saturated rings. The number of terminal acetylenes is 1. The van der Waals surface area contributed by atoms with E-state index in [-0.39, 0.29) is 13.2 Å². The summed E-state index contributed by atoms with van der Waals surface area (Å²) in [6.45, 7) is 0.970. The fourth-order valence-corrected chi connectivity index (χ4v) is 2.31. The highest BCUT2D eigenvalue weighted by atomic mass is 16.7. The van der Waals surface area contributed by atoms with Crippen molar-refractivity contribution in [3.8, 4) is 29.2 Å². The number of hydrogen-bond acceptors (Lipinski definition) is 4. The zero-order chi connectivity index (χ0) is 18.1. The standard InChI is InChI=1S/C20H20O5/c1-3-16-5-4-6-18(20(16)25-14-24-12-11-23-2)17-9-7-15(8-10-17)13-19(21)22/h1,4-10H,11-14H2,2H3,(H,21,22). The first-order chi connectivity index (χ1) is 12.2. The van der Waals surface area contributed by atoms with Crippen molar-refractivity contribution in [2.45, 2.75) is 6.42 Å². The van der Waals surface area contributed by atoms with Gasteiger partial charge in [0.05, 0.1) is 25.2 Å². The fourth-order valence-electron chi connectivity index (χ4n) is 2.31. The van der Waals surface area contributed by atoms with E-state index in [4.69, 9.17) is 25.7 Å². The Morgan fingerprint density at radius 1 is 1.16 bits per heavy atom. The maximum atomic E-state index is 10.8. The second kappa shape index (κ2) is 9.48. The Kier molecular flexibility index (Phi) is 7.02. The van der Waals surface area contributed by atoms with Gasteiger partial charge in [-0.15, -0.1) is 6.42 Å². The van der Waals surface area contributed by atoms with Crippen LogP contribution in [0.1, 0.15) is 11.1 Å². The molecule has 2 rings (SSSR count). The minimum atomic E-state index is -0.862. The molecule has 5 nitrogen and oxygen atoms in total. The molecule has 0 radical (unpaired) electrons. The van der Waals surface area contributed by atoms with Crippen LogP contribution in [0.2, 0.25) is 0 Å². The number of methoxy groups -OCH3 is 1. The van der Waals surface area contributed by atoms with Gasteiger partial charge in [-0.2, -0.15) is 0 Å². The van der Waals surface area contributed by atoms with Gasteiger partial charge in [-0.3, -0.25) is 4.79 Å². The molecule has 0 aliphatic rings. The summed E-state index contributed by atoms with van der Waals surface area (Å²) in [7, 11) is 1.60. The second-order valence-electron chi connectivity index (χ2n) is 5.26. The van der Waals surface area contributed by atoms with Crippen molar-refractivity contribution < 1.29 is 24.1 Å². The van der Waals surface area contributed by atoms with Crippen LogP contribution in [0.15, 0.2) is 42.5 Å². The summed E-state index contributed by atoms with van der Waals surface area (Å²) in [5.41, 5.74) is 3.07. The van der Waals surface area contributed by atoms with Crippen LogP contribution in [0.3, 0.4) is 0 Å². The number of carboxylic acid groups (broad SMARTS) is 1. The number of carbonyl (C=O) groups is 1. The summed E-state index contributed by atoms with van der Waals surface area (Å²) in [5.74, 6) is 2.31. The molecule has 2 aromatic carbocycles. The molecule has 2 aromatic rings. The average molecular weight is 340 g/mol. The lowest BCUT2D eigenvalue weighted by Crippen LogP contribution is -2.09. The average Bonchev–Trinajstić information content (AvgIpc) is 2.61. The molecule has 130 valence electrons. The van der Waals surface area contributed by atoms with E-state index in [0.717, 1.165) is 16.7 Å². The number of para-hydroxylation sites is 1. The summed E-state index contributed by atoms with van der Waals surface area (Å²) < 4.78 is 16.0. The van der Waals surface area contributed by atoms with Crippen LogP contribution >= 0.6 is 0 Å². The van der Waals surface area contributed by atoms with Gasteiger partial charge < -0.3 is 19.3 Å². The predicted molar refractivity (Wildman–Crippen MR) is 94.5 cm³/mol. The van der Waals surface area contributed by atoms with Gasteiger partial charge in [0.1, 0.15) is 5.75 Å². The zero-order valence-corrected chi connectivity index (χ0v) is 14.0. The van der Waals surface area contributed by atoms with Crippen molar-refractivity contribution in [1.29, 1.82) is 0 Å². The maximum Gasteiger partial charge on any atom is 0.307 e. The van der Waals surface area contributed by atoms with Gasteiger partial charge in [0.2, 0.25) is 0 Å². The Bertz CT molecular complexity index is 744. The van der Waals surface area contributed by atoms with E-state index in [0.29, 0.717) is 24.5 Å². The van der Waals surface area contributed by atoms with E-state index in [1.807, 2.05) is 24.3 Å². The second-order valence-corrected chi connectivity index (χ2v) is 5.26. The predicted octanol–water partition coefficient (Wildman–Crippen LogP) is 2.96. The lowest BCUT2D eigenvalue weighted by atomic mass is 9.99. The molecule has 0 saturated heterocycles. The molecular weight excluding hydrogens is 320 g/mol. The fraction of sp³-hybridized carbons (Fsp3) is 0.250. The van der Waals surface area contributed by atoms with E-state index >= 15 is 0 Å². The van der Waals surface area contributed by atoms with Crippen LogP contribution in [-0.2, 0) is 20.7 Å². The van der Waals surface area contributed by atoms with E-state index in [9.17, 15) is 4.79 Å². The van der Waals surface area contributed by atoms with Gasteiger partial charge in [-0.25, -0.2) is 0 Å². The molecule has 0 aliphatic carbocycles. The summed E-state index contributed by atoms with van der Waals surface area (Å²) in [6, 6.07) is 12.8. The SMILES string of the molecule is C#Cc1cccc(-c2ccc(CC(=O)O)cc2)c1OCOCCOC. The van der Waals surface area contributed by atoms with Crippen LogP contribution in [0.5, 0.6) is 5.75 Å². The number of ether oxygens (including phenoxy) is 3. The Balaban J connectivity index is 2.21. The lowest BCUT2D eigenvalue weighted by molar-refractivity contribution is -0.136. The number of carboxylic acids is 1. The minimum Gasteiger partial charge on any atom is -0.481 e. The van der Waals surface area contributed by atoms with Crippen molar-refractivity contribution in [2.75, 3.05) is 27.1 Å². The monoisotopic (exact) mass is 340 g/mol. The third kappa shape index (κ3) is 5.35. The van der Waals surface area contributed by atoms with Crippen molar-refractivity contribution in [1.82, 2.24) is 0 Å². The molecule has 5 heteroatoms. The molecule has 25 heavy (non-hydrogen) atoms. The van der Waals surface area contributed by atoms with Crippen molar-refractivity contribution >= 4 is 5.97 Å². The molecule has 0 unspecified atom stereocenters. The third-order valence-corrected chi connectivity index (χ3v) is 3.51. The largest absolute Gasteiger partial charge is 0.481 e. The number of aliphatic carboxylic acids is 1.